The zero-order valence-electron chi connectivity index (χ0n) is 16.6. The summed E-state index contributed by atoms with van der Waals surface area (Å²) in [5.74, 6) is 2.08. The zero-order valence-corrected chi connectivity index (χ0v) is 17.4. The highest BCUT2D eigenvalue weighted by atomic mass is 32.1. The predicted molar refractivity (Wildman–Crippen MR) is 112 cm³/mol. The Bertz CT molecular complexity index is 716. The fourth-order valence-corrected chi connectivity index (χ4v) is 3.27. The molecule has 0 aliphatic heterocycles. The molecule has 0 saturated heterocycles. The van der Waals surface area contributed by atoms with Crippen LogP contribution in [0, 0.1) is 0 Å². The van der Waals surface area contributed by atoms with Crippen molar-refractivity contribution in [1.82, 2.24) is 15.6 Å². The summed E-state index contributed by atoms with van der Waals surface area (Å²) in [5, 5.41) is 9.83. The molecule has 0 saturated carbocycles. The van der Waals surface area contributed by atoms with Crippen molar-refractivity contribution in [1.29, 1.82) is 0 Å². The number of hydrogen-bond acceptors (Lipinski definition) is 5. The lowest BCUT2D eigenvalue weighted by atomic mass is 10.2. The number of guanidine groups is 1. The first-order valence-electron chi connectivity index (χ1n) is 9.22. The Balaban J connectivity index is 1.79. The zero-order chi connectivity index (χ0) is 19.5. The molecule has 0 unspecified atom stereocenters. The average molecular weight is 391 g/mol. The molecule has 7 heteroatoms. The number of aromatic nitrogens is 1. The second-order valence-corrected chi connectivity index (χ2v) is 7.39. The van der Waals surface area contributed by atoms with Gasteiger partial charge >= 0.3 is 0 Å². The molecule has 0 aliphatic carbocycles. The van der Waals surface area contributed by atoms with Crippen molar-refractivity contribution in [3.8, 4) is 5.75 Å². The van der Waals surface area contributed by atoms with Gasteiger partial charge in [-0.25, -0.2) is 4.98 Å². The van der Waals surface area contributed by atoms with Gasteiger partial charge in [0.25, 0.3) is 0 Å². The minimum atomic E-state index is 0.455. The van der Waals surface area contributed by atoms with Gasteiger partial charge in [0.2, 0.25) is 0 Å². The first kappa shape index (κ1) is 21.2. The van der Waals surface area contributed by atoms with E-state index in [1.165, 1.54) is 0 Å². The lowest BCUT2D eigenvalue weighted by Crippen LogP contribution is -2.36. The molecule has 0 fully saturated rings. The fraction of sp³-hybridized carbons (Fsp3) is 0.500. The number of ether oxygens (including phenoxy) is 2. The van der Waals surface area contributed by atoms with E-state index < -0.39 is 0 Å². The molecule has 1 heterocycles. The van der Waals surface area contributed by atoms with Gasteiger partial charge in [-0.3, -0.25) is 4.99 Å². The number of aliphatic imine (C=N–C) groups is 1. The topological polar surface area (TPSA) is 67.8 Å². The Labute approximate surface area is 166 Å². The monoisotopic (exact) mass is 390 g/mol. The van der Waals surface area contributed by atoms with Crippen LogP contribution in [0.5, 0.6) is 5.75 Å². The van der Waals surface area contributed by atoms with Crippen LogP contribution in [0.15, 0.2) is 34.6 Å². The van der Waals surface area contributed by atoms with Crippen molar-refractivity contribution in [3.05, 3.63) is 45.9 Å². The van der Waals surface area contributed by atoms with Gasteiger partial charge in [0.15, 0.2) is 5.96 Å². The van der Waals surface area contributed by atoms with Crippen molar-refractivity contribution in [3.63, 3.8) is 0 Å². The maximum Gasteiger partial charge on any atom is 0.191 e. The molecule has 0 spiro atoms. The molecular weight excluding hydrogens is 360 g/mol. The molecule has 2 aromatic rings. The summed E-state index contributed by atoms with van der Waals surface area (Å²) in [4.78, 5) is 8.91. The molecular formula is C20H30N4O2S. The Morgan fingerprint density at radius 3 is 2.74 bits per heavy atom. The summed E-state index contributed by atoms with van der Waals surface area (Å²) >= 11 is 1.68. The SMILES string of the molecule is CN=C(NCc1cccc(OCCCOC)c1)NCc1nc(C(C)C)cs1. The highest BCUT2D eigenvalue weighted by Crippen LogP contribution is 2.17. The molecule has 0 aliphatic rings. The quantitative estimate of drug-likeness (QED) is 0.369. The molecule has 0 radical (unpaired) electrons. The Morgan fingerprint density at radius 2 is 2.04 bits per heavy atom. The summed E-state index contributed by atoms with van der Waals surface area (Å²) in [6.45, 7) is 7.01. The van der Waals surface area contributed by atoms with E-state index in [0.29, 0.717) is 32.2 Å². The Morgan fingerprint density at radius 1 is 1.22 bits per heavy atom. The smallest absolute Gasteiger partial charge is 0.191 e. The van der Waals surface area contributed by atoms with E-state index in [2.05, 4.69) is 45.9 Å². The number of hydrogen-bond donors (Lipinski definition) is 2. The van der Waals surface area contributed by atoms with Gasteiger partial charge in [-0.15, -0.1) is 11.3 Å². The van der Waals surface area contributed by atoms with E-state index in [1.54, 1.807) is 25.5 Å². The second-order valence-electron chi connectivity index (χ2n) is 6.44. The summed E-state index contributed by atoms with van der Waals surface area (Å²) in [6, 6.07) is 8.08. The summed E-state index contributed by atoms with van der Waals surface area (Å²) < 4.78 is 10.8. The molecule has 1 aromatic carbocycles. The van der Waals surface area contributed by atoms with Gasteiger partial charge in [0, 0.05) is 39.1 Å². The van der Waals surface area contributed by atoms with Crippen LogP contribution in [-0.2, 0) is 17.8 Å². The molecule has 27 heavy (non-hydrogen) atoms. The molecule has 6 nitrogen and oxygen atoms in total. The van der Waals surface area contributed by atoms with Crippen molar-refractivity contribution < 1.29 is 9.47 Å². The van der Waals surface area contributed by atoms with Crippen molar-refractivity contribution in [2.24, 2.45) is 4.99 Å². The number of nitrogens with one attached hydrogen (secondary N) is 2. The largest absolute Gasteiger partial charge is 0.493 e. The number of thiazole rings is 1. The number of rotatable bonds is 10. The van der Waals surface area contributed by atoms with Gasteiger partial charge < -0.3 is 20.1 Å². The van der Waals surface area contributed by atoms with Gasteiger partial charge in [-0.2, -0.15) is 0 Å². The first-order valence-corrected chi connectivity index (χ1v) is 10.1. The van der Waals surface area contributed by atoms with Crippen molar-refractivity contribution in [2.75, 3.05) is 27.4 Å². The van der Waals surface area contributed by atoms with E-state index in [0.717, 1.165) is 34.4 Å². The molecule has 2 N–H and O–H groups in total. The minimum Gasteiger partial charge on any atom is -0.493 e. The van der Waals surface area contributed by atoms with Crippen molar-refractivity contribution >= 4 is 17.3 Å². The van der Waals surface area contributed by atoms with Gasteiger partial charge in [0.05, 0.1) is 18.8 Å². The highest BCUT2D eigenvalue weighted by molar-refractivity contribution is 7.09. The second kappa shape index (κ2) is 11.6. The molecule has 2 rings (SSSR count). The summed E-state index contributed by atoms with van der Waals surface area (Å²) in [6.07, 6.45) is 0.880. The maximum atomic E-state index is 5.75. The molecule has 0 atom stereocenters. The standard InChI is InChI=1S/C20H30N4O2S/c1-15(2)18-14-27-19(24-18)13-23-20(21-3)22-12-16-7-5-8-17(11-16)26-10-6-9-25-4/h5,7-8,11,14-15H,6,9-10,12-13H2,1-4H3,(H2,21,22,23). The summed E-state index contributed by atoms with van der Waals surface area (Å²) in [5.41, 5.74) is 2.28. The normalized spacial score (nSPS) is 11.7. The first-order chi connectivity index (χ1) is 13.1. The maximum absolute atomic E-state index is 5.75. The number of benzene rings is 1. The van der Waals surface area contributed by atoms with E-state index in [4.69, 9.17) is 9.47 Å². The van der Waals surface area contributed by atoms with E-state index >= 15 is 0 Å². The van der Waals surface area contributed by atoms with E-state index in [-0.39, 0.29) is 0 Å². The predicted octanol–water partition coefficient (Wildman–Crippen LogP) is 3.55. The highest BCUT2D eigenvalue weighted by Gasteiger charge is 2.06. The molecule has 1 aromatic heterocycles. The average Bonchev–Trinajstić information content (AvgIpc) is 3.15. The van der Waals surface area contributed by atoms with Crippen LogP contribution < -0.4 is 15.4 Å². The van der Waals surface area contributed by atoms with Gasteiger partial charge in [0.1, 0.15) is 10.8 Å². The third-order valence-corrected chi connectivity index (χ3v) is 4.78. The lowest BCUT2D eigenvalue weighted by molar-refractivity contribution is 0.172. The van der Waals surface area contributed by atoms with E-state index in [1.807, 2.05) is 18.2 Å². The van der Waals surface area contributed by atoms with Crippen LogP contribution in [0.3, 0.4) is 0 Å². The summed E-state index contributed by atoms with van der Waals surface area (Å²) in [7, 11) is 3.47. The van der Waals surface area contributed by atoms with Crippen LogP contribution in [0.4, 0.5) is 0 Å². The Kier molecular flexibility index (Phi) is 9.07. The third-order valence-electron chi connectivity index (χ3n) is 3.91. The Hall–Kier alpha value is -2.12. The van der Waals surface area contributed by atoms with E-state index in [9.17, 15) is 0 Å². The lowest BCUT2D eigenvalue weighted by Gasteiger charge is -2.12. The number of methoxy groups -OCH3 is 1. The van der Waals surface area contributed by atoms with Crippen LogP contribution >= 0.6 is 11.3 Å². The van der Waals surface area contributed by atoms with Crippen molar-refractivity contribution in [2.45, 2.75) is 39.3 Å². The van der Waals surface area contributed by atoms with Crippen LogP contribution in [0.2, 0.25) is 0 Å². The third kappa shape index (κ3) is 7.56. The van der Waals surface area contributed by atoms with Crippen LogP contribution in [-0.4, -0.2) is 38.3 Å². The van der Waals surface area contributed by atoms with Crippen LogP contribution in [0.25, 0.3) is 0 Å². The van der Waals surface area contributed by atoms with Gasteiger partial charge in [-0.1, -0.05) is 26.0 Å². The van der Waals surface area contributed by atoms with Crippen LogP contribution in [0.1, 0.15) is 42.5 Å². The molecule has 0 bridgehead atoms. The fourth-order valence-electron chi connectivity index (χ4n) is 2.38. The molecule has 0 amide bonds. The van der Waals surface area contributed by atoms with Gasteiger partial charge in [-0.05, 0) is 23.6 Å². The number of nitrogens with zero attached hydrogens (tertiary/aromatic N) is 2. The minimum absolute atomic E-state index is 0.455. The molecule has 148 valence electrons.